The van der Waals surface area contributed by atoms with E-state index in [1.807, 2.05) is 43.3 Å². The zero-order chi connectivity index (χ0) is 18.9. The quantitative estimate of drug-likeness (QED) is 0.603. The van der Waals surface area contributed by atoms with E-state index < -0.39 is 0 Å². The second kappa shape index (κ2) is 9.47. The van der Waals surface area contributed by atoms with E-state index >= 15 is 0 Å². The molecule has 0 saturated carbocycles. The third-order valence-corrected chi connectivity index (χ3v) is 4.00. The molecule has 1 aliphatic rings. The summed E-state index contributed by atoms with van der Waals surface area (Å²) in [6, 6.07) is 11.6. The first-order valence-corrected chi connectivity index (χ1v) is 8.98. The van der Waals surface area contributed by atoms with Crippen LogP contribution in [0.1, 0.15) is 24.1 Å². The topological polar surface area (TPSA) is 79.7 Å². The molecule has 7 heteroatoms. The Kier molecular flexibility index (Phi) is 6.51. The molecule has 0 spiro atoms. The Balaban J connectivity index is 1.46. The Morgan fingerprint density at radius 2 is 2.04 bits per heavy atom. The number of carbonyl (C=O) groups is 1. The van der Waals surface area contributed by atoms with Crippen LogP contribution in [-0.2, 0) is 4.79 Å². The zero-order valence-electron chi connectivity index (χ0n) is 15.3. The fraction of sp³-hybridized carbons (Fsp3) is 0.300. The minimum absolute atomic E-state index is 0.157. The standard InChI is InChI=1S/C20H23N5O2/c1-16-14-19(23-20(22-16)25-12-5-6-13-25)27-15-18(26)24-21-11-7-10-17-8-3-2-4-9-17/h2-4,7-11,14H,5-6,12-13,15H2,1H3,(H,24,26). The lowest BCUT2D eigenvalue weighted by Gasteiger charge is -2.16. The van der Waals surface area contributed by atoms with Gasteiger partial charge < -0.3 is 9.64 Å². The SMILES string of the molecule is Cc1cc(OCC(=O)NN=CC=Cc2ccccc2)nc(N2CCCC2)n1. The van der Waals surface area contributed by atoms with Gasteiger partial charge in [0.05, 0.1) is 0 Å². The molecule has 27 heavy (non-hydrogen) atoms. The minimum atomic E-state index is -0.349. The van der Waals surface area contributed by atoms with E-state index in [2.05, 4.69) is 25.4 Å². The Morgan fingerprint density at radius 1 is 1.26 bits per heavy atom. The highest BCUT2D eigenvalue weighted by Crippen LogP contribution is 2.19. The van der Waals surface area contributed by atoms with Gasteiger partial charge in [-0.3, -0.25) is 4.79 Å². The number of carbonyl (C=O) groups excluding carboxylic acids is 1. The second-order valence-electron chi connectivity index (χ2n) is 6.21. The molecular formula is C20H23N5O2. The van der Waals surface area contributed by atoms with E-state index in [0.717, 1.165) is 37.2 Å². The highest BCUT2D eigenvalue weighted by atomic mass is 16.5. The number of benzene rings is 1. The predicted molar refractivity (Wildman–Crippen MR) is 106 cm³/mol. The highest BCUT2D eigenvalue weighted by molar-refractivity contribution is 5.81. The molecule has 1 aliphatic heterocycles. The number of hydrogen-bond donors (Lipinski definition) is 1. The van der Waals surface area contributed by atoms with Crippen molar-refractivity contribution in [3.8, 4) is 5.88 Å². The fourth-order valence-corrected chi connectivity index (χ4v) is 2.70. The van der Waals surface area contributed by atoms with Crippen LogP contribution in [0.3, 0.4) is 0 Å². The van der Waals surface area contributed by atoms with Crippen molar-refractivity contribution in [2.45, 2.75) is 19.8 Å². The molecule has 0 atom stereocenters. The fourth-order valence-electron chi connectivity index (χ4n) is 2.70. The Bertz CT molecular complexity index is 814. The number of anilines is 1. The van der Waals surface area contributed by atoms with Gasteiger partial charge in [0, 0.05) is 31.1 Å². The minimum Gasteiger partial charge on any atom is -0.467 e. The maximum Gasteiger partial charge on any atom is 0.278 e. The molecule has 1 N–H and O–H groups in total. The second-order valence-corrected chi connectivity index (χ2v) is 6.21. The average Bonchev–Trinajstić information content (AvgIpc) is 3.21. The molecule has 1 aromatic carbocycles. The number of nitrogens with one attached hydrogen (secondary N) is 1. The maximum atomic E-state index is 11.8. The Hall–Kier alpha value is -3.22. The van der Waals surface area contributed by atoms with Crippen molar-refractivity contribution >= 4 is 24.1 Å². The van der Waals surface area contributed by atoms with Crippen LogP contribution in [-0.4, -0.2) is 41.8 Å². The van der Waals surface area contributed by atoms with Crippen molar-refractivity contribution in [1.82, 2.24) is 15.4 Å². The van der Waals surface area contributed by atoms with Gasteiger partial charge in [0.1, 0.15) is 0 Å². The monoisotopic (exact) mass is 365 g/mol. The molecule has 2 aromatic rings. The Labute approximate surface area is 158 Å². The van der Waals surface area contributed by atoms with Crippen molar-refractivity contribution in [1.29, 1.82) is 0 Å². The van der Waals surface area contributed by atoms with Crippen LogP contribution in [0.25, 0.3) is 6.08 Å². The molecule has 2 heterocycles. The summed E-state index contributed by atoms with van der Waals surface area (Å²) in [4.78, 5) is 22.8. The molecule has 0 aliphatic carbocycles. The zero-order valence-corrected chi connectivity index (χ0v) is 15.3. The number of hydrazone groups is 1. The lowest BCUT2D eigenvalue weighted by atomic mass is 10.2. The van der Waals surface area contributed by atoms with Crippen LogP contribution in [0.5, 0.6) is 5.88 Å². The average molecular weight is 365 g/mol. The summed E-state index contributed by atoms with van der Waals surface area (Å²) in [5.41, 5.74) is 4.30. The largest absolute Gasteiger partial charge is 0.467 e. The third kappa shape index (κ3) is 5.91. The van der Waals surface area contributed by atoms with Gasteiger partial charge >= 0.3 is 0 Å². The summed E-state index contributed by atoms with van der Waals surface area (Å²) in [7, 11) is 0. The van der Waals surface area contributed by atoms with Gasteiger partial charge in [-0.2, -0.15) is 10.1 Å². The van der Waals surface area contributed by atoms with Gasteiger partial charge in [0.2, 0.25) is 11.8 Å². The first-order chi connectivity index (χ1) is 13.2. The molecule has 1 aromatic heterocycles. The van der Waals surface area contributed by atoms with E-state index in [0.29, 0.717) is 11.8 Å². The van der Waals surface area contributed by atoms with E-state index in [1.165, 1.54) is 6.21 Å². The molecule has 7 nitrogen and oxygen atoms in total. The number of aromatic nitrogens is 2. The van der Waals surface area contributed by atoms with Gasteiger partial charge in [-0.1, -0.05) is 36.4 Å². The molecule has 3 rings (SSSR count). The lowest BCUT2D eigenvalue weighted by molar-refractivity contribution is -0.123. The van der Waals surface area contributed by atoms with Crippen molar-refractivity contribution in [2.75, 3.05) is 24.6 Å². The van der Waals surface area contributed by atoms with Gasteiger partial charge in [-0.15, -0.1) is 0 Å². The summed E-state index contributed by atoms with van der Waals surface area (Å²) in [5, 5.41) is 3.86. The van der Waals surface area contributed by atoms with Crippen molar-refractivity contribution in [3.05, 3.63) is 53.7 Å². The molecule has 1 fully saturated rings. The molecule has 1 amide bonds. The van der Waals surface area contributed by atoms with Crippen LogP contribution < -0.4 is 15.1 Å². The van der Waals surface area contributed by atoms with E-state index in [4.69, 9.17) is 4.74 Å². The number of allylic oxidation sites excluding steroid dienone is 1. The van der Waals surface area contributed by atoms with Crippen LogP contribution in [0, 0.1) is 6.92 Å². The van der Waals surface area contributed by atoms with Crippen LogP contribution in [0.4, 0.5) is 5.95 Å². The summed E-state index contributed by atoms with van der Waals surface area (Å²) in [5.74, 6) is 0.706. The molecule has 1 saturated heterocycles. The first-order valence-electron chi connectivity index (χ1n) is 8.98. The number of ether oxygens (including phenoxy) is 1. The lowest BCUT2D eigenvalue weighted by Crippen LogP contribution is -2.25. The van der Waals surface area contributed by atoms with E-state index in [-0.39, 0.29) is 12.5 Å². The Morgan fingerprint density at radius 3 is 2.81 bits per heavy atom. The highest BCUT2D eigenvalue weighted by Gasteiger charge is 2.16. The molecule has 0 radical (unpaired) electrons. The van der Waals surface area contributed by atoms with Gasteiger partial charge in [-0.25, -0.2) is 10.4 Å². The number of hydrogen-bond acceptors (Lipinski definition) is 6. The molecule has 0 bridgehead atoms. The predicted octanol–water partition coefficient (Wildman–Crippen LogP) is 2.58. The smallest absolute Gasteiger partial charge is 0.278 e. The van der Waals surface area contributed by atoms with Gasteiger partial charge in [0.25, 0.3) is 5.91 Å². The summed E-state index contributed by atoms with van der Waals surface area (Å²) in [6.45, 7) is 3.64. The molecular weight excluding hydrogens is 342 g/mol. The maximum absolute atomic E-state index is 11.8. The van der Waals surface area contributed by atoms with Gasteiger partial charge in [0.15, 0.2) is 6.61 Å². The molecule has 0 unspecified atom stereocenters. The summed E-state index contributed by atoms with van der Waals surface area (Å²) < 4.78 is 5.49. The number of amides is 1. The molecule has 140 valence electrons. The van der Waals surface area contributed by atoms with Crippen molar-refractivity contribution < 1.29 is 9.53 Å². The summed E-state index contributed by atoms with van der Waals surface area (Å²) in [6.07, 6.45) is 7.47. The normalized spacial score (nSPS) is 14.2. The number of nitrogens with zero attached hydrogens (tertiary/aromatic N) is 4. The van der Waals surface area contributed by atoms with Crippen LogP contribution in [0.2, 0.25) is 0 Å². The number of rotatable bonds is 7. The first kappa shape index (κ1) is 18.6. The van der Waals surface area contributed by atoms with Gasteiger partial charge in [-0.05, 0) is 31.4 Å². The van der Waals surface area contributed by atoms with E-state index in [1.54, 1.807) is 12.1 Å². The van der Waals surface area contributed by atoms with Crippen molar-refractivity contribution in [3.63, 3.8) is 0 Å². The summed E-state index contributed by atoms with van der Waals surface area (Å²) >= 11 is 0. The van der Waals surface area contributed by atoms with Crippen LogP contribution >= 0.6 is 0 Å². The van der Waals surface area contributed by atoms with Crippen LogP contribution in [0.15, 0.2) is 47.6 Å². The number of aryl methyl sites for hydroxylation is 1. The van der Waals surface area contributed by atoms with Crippen molar-refractivity contribution in [2.24, 2.45) is 5.10 Å². The third-order valence-electron chi connectivity index (χ3n) is 4.00. The van der Waals surface area contributed by atoms with E-state index in [9.17, 15) is 4.79 Å².